The molecule has 1 unspecified atom stereocenters. The van der Waals surface area contributed by atoms with Gasteiger partial charge in [0.25, 0.3) is 0 Å². The molecular formula is C9H14N4O2. The highest BCUT2D eigenvalue weighted by Crippen LogP contribution is 1.98. The van der Waals surface area contributed by atoms with Gasteiger partial charge in [0.05, 0.1) is 12.6 Å². The summed E-state index contributed by atoms with van der Waals surface area (Å²) in [6, 6.07) is 2.68. The summed E-state index contributed by atoms with van der Waals surface area (Å²) in [5, 5.41) is 21.3. The Balaban J connectivity index is 2.43. The first-order valence-corrected chi connectivity index (χ1v) is 4.72. The lowest BCUT2D eigenvalue weighted by Crippen LogP contribution is -2.39. The van der Waals surface area contributed by atoms with Crippen LogP contribution in [0.4, 0.5) is 10.6 Å². The number of carbonyl (C=O) groups is 1. The van der Waals surface area contributed by atoms with E-state index in [1.165, 1.54) is 6.20 Å². The number of urea groups is 1. The molecule has 3 N–H and O–H groups in total. The molecule has 0 saturated heterocycles. The van der Waals surface area contributed by atoms with Crippen molar-refractivity contribution in [2.75, 3.05) is 11.9 Å². The maximum atomic E-state index is 11.3. The maximum absolute atomic E-state index is 11.3. The molecule has 6 heteroatoms. The van der Waals surface area contributed by atoms with E-state index in [2.05, 4.69) is 20.8 Å². The van der Waals surface area contributed by atoms with Gasteiger partial charge < -0.3 is 10.4 Å². The zero-order valence-corrected chi connectivity index (χ0v) is 8.47. The average molecular weight is 210 g/mol. The zero-order valence-electron chi connectivity index (χ0n) is 8.47. The van der Waals surface area contributed by atoms with Gasteiger partial charge in [-0.2, -0.15) is 5.10 Å². The van der Waals surface area contributed by atoms with Gasteiger partial charge in [-0.15, -0.1) is 5.10 Å². The van der Waals surface area contributed by atoms with Gasteiger partial charge in [0.1, 0.15) is 0 Å². The number of aliphatic hydroxyl groups is 1. The molecule has 0 aliphatic rings. The quantitative estimate of drug-likeness (QED) is 0.670. The van der Waals surface area contributed by atoms with Crippen LogP contribution >= 0.6 is 0 Å². The fourth-order valence-corrected chi connectivity index (χ4v) is 0.983. The molecule has 0 aliphatic heterocycles. The first-order valence-electron chi connectivity index (χ1n) is 4.72. The van der Waals surface area contributed by atoms with Crippen LogP contribution in [0, 0.1) is 0 Å². The molecule has 15 heavy (non-hydrogen) atoms. The minimum atomic E-state index is -0.392. The van der Waals surface area contributed by atoms with Crippen molar-refractivity contribution in [1.82, 2.24) is 15.5 Å². The Hall–Kier alpha value is -1.69. The highest BCUT2D eigenvalue weighted by molar-refractivity contribution is 5.88. The van der Waals surface area contributed by atoms with Gasteiger partial charge in [0, 0.05) is 6.20 Å². The monoisotopic (exact) mass is 210 g/mol. The highest BCUT2D eigenvalue weighted by atomic mass is 16.3. The van der Waals surface area contributed by atoms with E-state index < -0.39 is 6.03 Å². The van der Waals surface area contributed by atoms with Crippen LogP contribution in [0.25, 0.3) is 0 Å². The second-order valence-electron chi connectivity index (χ2n) is 3.00. The number of hydrogen-bond acceptors (Lipinski definition) is 4. The van der Waals surface area contributed by atoms with Crippen molar-refractivity contribution in [1.29, 1.82) is 0 Å². The normalized spacial score (nSPS) is 11.9. The summed E-state index contributed by atoms with van der Waals surface area (Å²) in [6.45, 7) is 1.80. The van der Waals surface area contributed by atoms with Gasteiger partial charge in [-0.3, -0.25) is 5.32 Å². The molecule has 0 saturated carbocycles. The molecule has 0 aliphatic carbocycles. The van der Waals surface area contributed by atoms with Crippen molar-refractivity contribution in [3.63, 3.8) is 0 Å². The van der Waals surface area contributed by atoms with E-state index in [0.29, 0.717) is 12.2 Å². The topological polar surface area (TPSA) is 87.1 Å². The van der Waals surface area contributed by atoms with E-state index in [1.807, 2.05) is 6.92 Å². The fourth-order valence-electron chi connectivity index (χ4n) is 0.983. The molecule has 2 amide bonds. The largest absolute Gasteiger partial charge is 0.394 e. The Morgan fingerprint density at radius 2 is 2.47 bits per heavy atom. The first-order chi connectivity index (χ1) is 7.26. The molecule has 0 spiro atoms. The van der Waals surface area contributed by atoms with Crippen molar-refractivity contribution in [2.45, 2.75) is 19.4 Å². The van der Waals surface area contributed by atoms with E-state index in [1.54, 1.807) is 12.1 Å². The Bertz CT molecular complexity index is 300. The van der Waals surface area contributed by atoms with Crippen LogP contribution in [-0.2, 0) is 0 Å². The number of aliphatic hydroxyl groups excluding tert-OH is 1. The average Bonchev–Trinajstić information content (AvgIpc) is 2.27. The molecule has 0 aromatic carbocycles. The van der Waals surface area contributed by atoms with Crippen LogP contribution in [-0.4, -0.2) is 34.0 Å². The number of amides is 2. The Morgan fingerprint density at radius 3 is 3.00 bits per heavy atom. The summed E-state index contributed by atoms with van der Waals surface area (Å²) < 4.78 is 0. The molecule has 0 bridgehead atoms. The van der Waals surface area contributed by atoms with Gasteiger partial charge in [0.15, 0.2) is 5.82 Å². The Labute approximate surface area is 87.7 Å². The summed E-state index contributed by atoms with van der Waals surface area (Å²) >= 11 is 0. The SMILES string of the molecule is CCC(CO)NC(=O)Nc1cccnn1. The molecule has 1 heterocycles. The van der Waals surface area contributed by atoms with Crippen LogP contribution in [0.1, 0.15) is 13.3 Å². The minimum absolute atomic E-state index is 0.0790. The number of rotatable bonds is 4. The summed E-state index contributed by atoms with van der Waals surface area (Å²) in [7, 11) is 0. The molecule has 6 nitrogen and oxygen atoms in total. The second-order valence-corrected chi connectivity index (χ2v) is 3.00. The third-order valence-electron chi connectivity index (χ3n) is 1.86. The zero-order chi connectivity index (χ0) is 11.1. The predicted octanol–water partition coefficient (Wildman–Crippen LogP) is 0.369. The van der Waals surface area contributed by atoms with Crippen molar-refractivity contribution in [3.05, 3.63) is 18.3 Å². The van der Waals surface area contributed by atoms with Gasteiger partial charge in [-0.25, -0.2) is 4.79 Å². The lowest BCUT2D eigenvalue weighted by molar-refractivity contribution is 0.222. The molecule has 1 rings (SSSR count). The minimum Gasteiger partial charge on any atom is -0.394 e. The predicted molar refractivity (Wildman–Crippen MR) is 55.4 cm³/mol. The lowest BCUT2D eigenvalue weighted by atomic mass is 10.2. The molecule has 1 aromatic heterocycles. The number of nitrogens with zero attached hydrogens (tertiary/aromatic N) is 2. The number of carbonyl (C=O) groups excluding carboxylic acids is 1. The van der Waals surface area contributed by atoms with Crippen LogP contribution in [0.15, 0.2) is 18.3 Å². The number of nitrogens with one attached hydrogen (secondary N) is 2. The number of anilines is 1. The van der Waals surface area contributed by atoms with Crippen LogP contribution in [0.5, 0.6) is 0 Å². The molecule has 0 radical (unpaired) electrons. The smallest absolute Gasteiger partial charge is 0.320 e. The van der Waals surface area contributed by atoms with E-state index >= 15 is 0 Å². The molecule has 0 fully saturated rings. The van der Waals surface area contributed by atoms with Crippen molar-refractivity contribution in [3.8, 4) is 0 Å². The van der Waals surface area contributed by atoms with E-state index in [-0.39, 0.29) is 12.6 Å². The molecule has 1 aromatic rings. The Kier molecular flexibility index (Phi) is 4.49. The third kappa shape index (κ3) is 3.90. The number of aromatic nitrogens is 2. The summed E-state index contributed by atoms with van der Waals surface area (Å²) in [5.74, 6) is 0.378. The van der Waals surface area contributed by atoms with Gasteiger partial charge in [-0.1, -0.05) is 6.92 Å². The van der Waals surface area contributed by atoms with E-state index in [0.717, 1.165) is 0 Å². The number of hydrogen-bond donors (Lipinski definition) is 3. The second kappa shape index (κ2) is 5.92. The summed E-state index contributed by atoms with van der Waals surface area (Å²) in [5.41, 5.74) is 0. The van der Waals surface area contributed by atoms with Crippen LogP contribution in [0.3, 0.4) is 0 Å². The summed E-state index contributed by atoms with van der Waals surface area (Å²) in [4.78, 5) is 11.3. The van der Waals surface area contributed by atoms with Gasteiger partial charge in [0.2, 0.25) is 0 Å². The van der Waals surface area contributed by atoms with E-state index in [9.17, 15) is 4.79 Å². The maximum Gasteiger partial charge on any atom is 0.320 e. The van der Waals surface area contributed by atoms with Crippen molar-refractivity contribution < 1.29 is 9.90 Å². The molecule has 82 valence electrons. The standard InChI is InChI=1S/C9H14N4O2/c1-2-7(6-14)11-9(15)12-8-4-3-5-10-13-8/h3-5,7,14H,2,6H2,1H3,(H2,11,12,13,15). The Morgan fingerprint density at radius 1 is 1.67 bits per heavy atom. The van der Waals surface area contributed by atoms with Gasteiger partial charge in [-0.05, 0) is 18.6 Å². The first kappa shape index (κ1) is 11.4. The van der Waals surface area contributed by atoms with Crippen LogP contribution in [0.2, 0.25) is 0 Å². The summed E-state index contributed by atoms with van der Waals surface area (Å²) in [6.07, 6.45) is 2.19. The lowest BCUT2D eigenvalue weighted by Gasteiger charge is -2.13. The highest BCUT2D eigenvalue weighted by Gasteiger charge is 2.08. The fraction of sp³-hybridized carbons (Fsp3) is 0.444. The molecule has 1 atom stereocenters. The van der Waals surface area contributed by atoms with Crippen molar-refractivity contribution >= 4 is 11.8 Å². The van der Waals surface area contributed by atoms with Crippen molar-refractivity contribution in [2.24, 2.45) is 0 Å². The third-order valence-corrected chi connectivity index (χ3v) is 1.86. The molecular weight excluding hydrogens is 196 g/mol. The van der Waals surface area contributed by atoms with Crippen LogP contribution < -0.4 is 10.6 Å². The van der Waals surface area contributed by atoms with E-state index in [4.69, 9.17) is 5.11 Å². The van der Waals surface area contributed by atoms with Gasteiger partial charge >= 0.3 is 6.03 Å².